The highest BCUT2D eigenvalue weighted by molar-refractivity contribution is 7.89. The maximum absolute atomic E-state index is 13.7. The van der Waals surface area contributed by atoms with Crippen LogP contribution in [0.5, 0.6) is 0 Å². The third-order valence-electron chi connectivity index (χ3n) is 3.87. The molecule has 0 spiro atoms. The zero-order valence-electron chi connectivity index (χ0n) is 12.1. The average molecular weight is 318 g/mol. The highest BCUT2D eigenvalue weighted by Gasteiger charge is 2.32. The molecule has 1 aliphatic carbocycles. The molecule has 3 N–H and O–H groups in total. The molecule has 7 heteroatoms. The van der Waals surface area contributed by atoms with Gasteiger partial charge in [0.05, 0.1) is 5.69 Å². The van der Waals surface area contributed by atoms with E-state index in [-0.39, 0.29) is 17.1 Å². The second-order valence-corrected chi connectivity index (χ2v) is 8.07. The van der Waals surface area contributed by atoms with Crippen molar-refractivity contribution in [1.82, 2.24) is 4.72 Å². The molecular formula is C14H20F2N2O2S. The van der Waals surface area contributed by atoms with Gasteiger partial charge in [-0.1, -0.05) is 20.3 Å². The molecule has 1 aromatic rings. The van der Waals surface area contributed by atoms with Gasteiger partial charge in [0.25, 0.3) is 0 Å². The van der Waals surface area contributed by atoms with Gasteiger partial charge in [-0.05, 0) is 30.7 Å². The van der Waals surface area contributed by atoms with Crippen LogP contribution in [0.2, 0.25) is 0 Å². The van der Waals surface area contributed by atoms with E-state index in [1.54, 1.807) is 0 Å². The van der Waals surface area contributed by atoms with E-state index < -0.39 is 26.6 Å². The number of benzene rings is 1. The van der Waals surface area contributed by atoms with Crippen LogP contribution in [0.1, 0.15) is 39.5 Å². The van der Waals surface area contributed by atoms with Gasteiger partial charge >= 0.3 is 0 Å². The largest absolute Gasteiger partial charge is 0.396 e. The molecule has 0 bridgehead atoms. The Morgan fingerprint density at radius 2 is 1.95 bits per heavy atom. The number of hydrogen-bond donors (Lipinski definition) is 2. The third kappa shape index (κ3) is 3.71. The molecule has 1 fully saturated rings. The maximum atomic E-state index is 13.7. The van der Waals surface area contributed by atoms with Crippen LogP contribution in [0.25, 0.3) is 0 Å². The summed E-state index contributed by atoms with van der Waals surface area (Å²) in [6.07, 6.45) is 3.34. The fraction of sp³-hybridized carbons (Fsp3) is 0.571. The van der Waals surface area contributed by atoms with Crippen LogP contribution in [0.3, 0.4) is 0 Å². The fourth-order valence-electron chi connectivity index (χ4n) is 2.83. The van der Waals surface area contributed by atoms with Gasteiger partial charge in [-0.25, -0.2) is 21.9 Å². The second-order valence-electron chi connectivity index (χ2n) is 6.38. The Morgan fingerprint density at radius 1 is 1.29 bits per heavy atom. The molecule has 0 saturated heterocycles. The molecule has 0 heterocycles. The average Bonchev–Trinajstić information content (AvgIpc) is 2.31. The first-order valence-electron chi connectivity index (χ1n) is 6.88. The van der Waals surface area contributed by atoms with E-state index >= 15 is 0 Å². The first-order chi connectivity index (χ1) is 9.61. The number of halogens is 2. The minimum atomic E-state index is -4.05. The molecule has 21 heavy (non-hydrogen) atoms. The summed E-state index contributed by atoms with van der Waals surface area (Å²) in [7, 11) is -4.05. The van der Waals surface area contributed by atoms with Crippen LogP contribution >= 0.6 is 0 Å². The molecule has 1 unspecified atom stereocenters. The number of sulfonamides is 1. The van der Waals surface area contributed by atoms with Crippen LogP contribution < -0.4 is 10.5 Å². The van der Waals surface area contributed by atoms with Gasteiger partial charge in [0, 0.05) is 12.1 Å². The Labute approximate surface area is 123 Å². The Hall–Kier alpha value is -1.21. The van der Waals surface area contributed by atoms with Crippen molar-refractivity contribution in [2.24, 2.45) is 5.41 Å². The van der Waals surface area contributed by atoms with Gasteiger partial charge < -0.3 is 5.73 Å². The van der Waals surface area contributed by atoms with E-state index in [0.717, 1.165) is 18.9 Å². The normalized spacial score (nSPS) is 22.2. The number of nitrogen functional groups attached to an aromatic ring is 1. The molecule has 1 atom stereocenters. The summed E-state index contributed by atoms with van der Waals surface area (Å²) in [5, 5.41) is 0. The highest BCUT2D eigenvalue weighted by Crippen LogP contribution is 2.35. The topological polar surface area (TPSA) is 72.2 Å². The lowest BCUT2D eigenvalue weighted by Crippen LogP contribution is -2.40. The summed E-state index contributed by atoms with van der Waals surface area (Å²) in [4.78, 5) is -0.607. The van der Waals surface area contributed by atoms with Crippen molar-refractivity contribution in [3.63, 3.8) is 0 Å². The minimum absolute atomic E-state index is 0.0474. The van der Waals surface area contributed by atoms with E-state index in [4.69, 9.17) is 5.73 Å². The summed E-state index contributed by atoms with van der Waals surface area (Å²) in [6.45, 7) is 4.15. The molecular weight excluding hydrogens is 298 g/mol. The van der Waals surface area contributed by atoms with Gasteiger partial charge in [-0.15, -0.1) is 0 Å². The summed E-state index contributed by atoms with van der Waals surface area (Å²) in [5.41, 5.74) is 4.99. The Bertz CT molecular complexity index is 645. The van der Waals surface area contributed by atoms with Gasteiger partial charge in [-0.2, -0.15) is 0 Å². The van der Waals surface area contributed by atoms with Crippen molar-refractivity contribution in [1.29, 1.82) is 0 Å². The third-order valence-corrected chi connectivity index (χ3v) is 5.40. The van der Waals surface area contributed by atoms with E-state index in [0.29, 0.717) is 18.9 Å². The molecule has 1 aromatic carbocycles. The van der Waals surface area contributed by atoms with Crippen molar-refractivity contribution in [3.8, 4) is 0 Å². The Morgan fingerprint density at radius 3 is 2.57 bits per heavy atom. The highest BCUT2D eigenvalue weighted by atomic mass is 32.2. The summed E-state index contributed by atoms with van der Waals surface area (Å²) >= 11 is 0. The minimum Gasteiger partial charge on any atom is -0.396 e. The molecule has 0 aromatic heterocycles. The van der Waals surface area contributed by atoms with Crippen LogP contribution in [0.4, 0.5) is 14.5 Å². The lowest BCUT2D eigenvalue weighted by Gasteiger charge is -2.35. The zero-order valence-corrected chi connectivity index (χ0v) is 12.9. The number of nitrogens with one attached hydrogen (secondary N) is 1. The first kappa shape index (κ1) is 16.2. The first-order valence-corrected chi connectivity index (χ1v) is 8.36. The van der Waals surface area contributed by atoms with Crippen molar-refractivity contribution in [3.05, 3.63) is 23.8 Å². The molecule has 0 aliphatic heterocycles. The van der Waals surface area contributed by atoms with Gasteiger partial charge in [0.2, 0.25) is 10.0 Å². The van der Waals surface area contributed by atoms with Crippen LogP contribution in [-0.4, -0.2) is 14.5 Å². The molecule has 4 nitrogen and oxygen atoms in total. The fourth-order valence-corrected chi connectivity index (χ4v) is 4.20. The molecule has 118 valence electrons. The quantitative estimate of drug-likeness (QED) is 0.842. The van der Waals surface area contributed by atoms with Crippen molar-refractivity contribution < 1.29 is 17.2 Å². The van der Waals surface area contributed by atoms with Crippen molar-refractivity contribution in [2.75, 3.05) is 5.73 Å². The standard InChI is InChI=1S/C14H20F2N2O2S/c1-14(2)5-3-4-9(8-14)18-21(19,20)13-7-12(17)10(15)6-11(13)16/h6-7,9,18H,3-5,8,17H2,1-2H3. The molecule has 0 amide bonds. The monoisotopic (exact) mass is 318 g/mol. The smallest absolute Gasteiger partial charge is 0.243 e. The second kappa shape index (κ2) is 5.53. The number of rotatable bonds is 3. The lowest BCUT2D eigenvalue weighted by atomic mass is 9.75. The van der Waals surface area contributed by atoms with E-state index in [1.807, 2.05) is 0 Å². The Kier molecular flexibility index (Phi) is 4.26. The molecule has 2 rings (SSSR count). The molecule has 1 saturated carbocycles. The van der Waals surface area contributed by atoms with E-state index in [1.165, 1.54) is 0 Å². The van der Waals surface area contributed by atoms with E-state index in [2.05, 4.69) is 18.6 Å². The Balaban J connectivity index is 2.25. The van der Waals surface area contributed by atoms with Crippen molar-refractivity contribution in [2.45, 2.75) is 50.5 Å². The number of hydrogen-bond acceptors (Lipinski definition) is 3. The van der Waals surface area contributed by atoms with Gasteiger partial charge in [-0.3, -0.25) is 0 Å². The number of nitrogens with two attached hydrogens (primary N) is 1. The summed E-state index contributed by atoms with van der Waals surface area (Å²) in [6, 6.07) is 1.07. The van der Waals surface area contributed by atoms with Crippen LogP contribution in [-0.2, 0) is 10.0 Å². The van der Waals surface area contributed by atoms with Gasteiger partial charge in [0.1, 0.15) is 16.5 Å². The summed E-state index contributed by atoms with van der Waals surface area (Å²) < 4.78 is 53.9. The predicted octanol–water partition coefficient (Wildman–Crippen LogP) is 2.79. The predicted molar refractivity (Wildman–Crippen MR) is 77.1 cm³/mol. The maximum Gasteiger partial charge on any atom is 0.243 e. The summed E-state index contributed by atoms with van der Waals surface area (Å²) in [5.74, 6) is -2.10. The number of anilines is 1. The van der Waals surface area contributed by atoms with Gasteiger partial charge in [0.15, 0.2) is 0 Å². The van der Waals surface area contributed by atoms with Crippen LogP contribution in [0, 0.1) is 17.0 Å². The lowest BCUT2D eigenvalue weighted by molar-refractivity contribution is 0.212. The SMILES string of the molecule is CC1(C)CCCC(NS(=O)(=O)c2cc(N)c(F)cc2F)C1. The zero-order chi connectivity index (χ0) is 15.8. The molecule has 1 aliphatic rings. The van der Waals surface area contributed by atoms with Crippen LogP contribution in [0.15, 0.2) is 17.0 Å². The van der Waals surface area contributed by atoms with Crippen molar-refractivity contribution >= 4 is 15.7 Å². The molecule has 0 radical (unpaired) electrons. The van der Waals surface area contributed by atoms with E-state index in [9.17, 15) is 17.2 Å².